The van der Waals surface area contributed by atoms with E-state index in [0.29, 0.717) is 5.56 Å². The number of oxazole rings is 1. The molecule has 1 aromatic heterocycles. The summed E-state index contributed by atoms with van der Waals surface area (Å²) >= 11 is 0. The summed E-state index contributed by atoms with van der Waals surface area (Å²) in [5, 5.41) is 0. The molecule has 0 amide bonds. The number of hydrogen-bond acceptors (Lipinski definition) is 4. The highest BCUT2D eigenvalue weighted by Crippen LogP contribution is 2.13. The summed E-state index contributed by atoms with van der Waals surface area (Å²) in [6, 6.07) is 7.27. The molecule has 0 fully saturated rings. The number of rotatable bonds is 2. The van der Waals surface area contributed by atoms with Crippen LogP contribution in [0.4, 0.5) is 6.01 Å². The number of anilines is 1. The first-order valence-electron chi connectivity index (χ1n) is 4.49. The lowest BCUT2D eigenvalue weighted by Crippen LogP contribution is -1.99. The van der Waals surface area contributed by atoms with E-state index in [1.54, 1.807) is 12.1 Å². The fourth-order valence-electron chi connectivity index (χ4n) is 1.32. The first-order chi connectivity index (χ1) is 7.16. The third-order valence-electron chi connectivity index (χ3n) is 2.03. The lowest BCUT2D eigenvalue weighted by molar-refractivity contribution is 0.101. The van der Waals surface area contributed by atoms with Gasteiger partial charge in [0.25, 0.3) is 6.01 Å². The molecule has 0 aliphatic carbocycles. The maximum Gasteiger partial charge on any atom is 0.292 e. The zero-order valence-electron chi connectivity index (χ0n) is 8.23. The van der Waals surface area contributed by atoms with Gasteiger partial charge in [0.1, 0.15) is 0 Å². The maximum atomic E-state index is 11.8. The molecule has 76 valence electrons. The Bertz CT molecular complexity index is 503. The van der Waals surface area contributed by atoms with Gasteiger partial charge in [-0.3, -0.25) is 4.79 Å². The van der Waals surface area contributed by atoms with Crippen LogP contribution in [-0.4, -0.2) is 10.8 Å². The Kier molecular flexibility index (Phi) is 2.25. The van der Waals surface area contributed by atoms with Gasteiger partial charge in [-0.25, -0.2) is 4.98 Å². The number of benzene rings is 1. The standard InChI is InChI=1S/C11H10N2O2/c1-7-3-2-4-8(5-7)10(14)9-6-13-11(12)15-9/h2-6H,1H3,(H2,12,13). The zero-order valence-corrected chi connectivity index (χ0v) is 8.23. The summed E-state index contributed by atoms with van der Waals surface area (Å²) < 4.78 is 4.96. The van der Waals surface area contributed by atoms with E-state index in [0.717, 1.165) is 5.56 Å². The smallest absolute Gasteiger partial charge is 0.292 e. The molecular formula is C11H10N2O2. The van der Waals surface area contributed by atoms with Gasteiger partial charge < -0.3 is 10.2 Å². The highest BCUT2D eigenvalue weighted by molar-refractivity contribution is 6.07. The maximum absolute atomic E-state index is 11.8. The number of nitrogens with zero attached hydrogens (tertiary/aromatic N) is 1. The van der Waals surface area contributed by atoms with Crippen LogP contribution in [0.1, 0.15) is 21.7 Å². The second-order valence-electron chi connectivity index (χ2n) is 3.26. The number of ketones is 1. The molecule has 2 aromatic rings. The normalized spacial score (nSPS) is 10.2. The molecule has 0 saturated carbocycles. The fourth-order valence-corrected chi connectivity index (χ4v) is 1.32. The molecule has 1 heterocycles. The van der Waals surface area contributed by atoms with E-state index >= 15 is 0 Å². The van der Waals surface area contributed by atoms with Crippen molar-refractivity contribution in [3.63, 3.8) is 0 Å². The van der Waals surface area contributed by atoms with Crippen LogP contribution in [0.3, 0.4) is 0 Å². The number of aromatic nitrogens is 1. The van der Waals surface area contributed by atoms with Gasteiger partial charge in [-0.15, -0.1) is 0 Å². The van der Waals surface area contributed by atoms with Crippen molar-refractivity contribution in [1.82, 2.24) is 4.98 Å². The first-order valence-corrected chi connectivity index (χ1v) is 4.49. The van der Waals surface area contributed by atoms with Crippen LogP contribution in [0.2, 0.25) is 0 Å². The summed E-state index contributed by atoms with van der Waals surface area (Å²) in [6.45, 7) is 1.92. The van der Waals surface area contributed by atoms with Crippen molar-refractivity contribution < 1.29 is 9.21 Å². The molecule has 2 N–H and O–H groups in total. The van der Waals surface area contributed by atoms with Gasteiger partial charge in [0, 0.05) is 5.56 Å². The van der Waals surface area contributed by atoms with Crippen molar-refractivity contribution in [1.29, 1.82) is 0 Å². The molecule has 0 aliphatic rings. The number of nitrogens with two attached hydrogens (primary N) is 1. The fraction of sp³-hybridized carbons (Fsp3) is 0.0909. The van der Waals surface area contributed by atoms with Crippen LogP contribution in [0.5, 0.6) is 0 Å². The minimum atomic E-state index is -0.206. The molecule has 0 radical (unpaired) electrons. The second kappa shape index (κ2) is 3.57. The highest BCUT2D eigenvalue weighted by Gasteiger charge is 2.13. The summed E-state index contributed by atoms with van der Waals surface area (Å²) in [4.78, 5) is 15.5. The van der Waals surface area contributed by atoms with Gasteiger partial charge in [0.2, 0.25) is 5.78 Å². The van der Waals surface area contributed by atoms with Crippen LogP contribution in [0, 0.1) is 6.92 Å². The summed E-state index contributed by atoms with van der Waals surface area (Å²) in [5.41, 5.74) is 6.89. The van der Waals surface area contributed by atoms with Gasteiger partial charge in [-0.2, -0.15) is 0 Å². The molecule has 15 heavy (non-hydrogen) atoms. The van der Waals surface area contributed by atoms with Crippen LogP contribution in [-0.2, 0) is 0 Å². The Morgan fingerprint density at radius 3 is 2.87 bits per heavy atom. The van der Waals surface area contributed by atoms with Crippen molar-refractivity contribution in [3.05, 3.63) is 47.3 Å². The van der Waals surface area contributed by atoms with Crippen LogP contribution in [0.15, 0.2) is 34.9 Å². The van der Waals surface area contributed by atoms with Gasteiger partial charge in [0.15, 0.2) is 5.76 Å². The van der Waals surface area contributed by atoms with E-state index in [4.69, 9.17) is 10.2 Å². The van der Waals surface area contributed by atoms with Gasteiger partial charge in [-0.1, -0.05) is 23.8 Å². The molecule has 0 aliphatic heterocycles. The Morgan fingerprint density at radius 1 is 1.47 bits per heavy atom. The SMILES string of the molecule is Cc1cccc(C(=O)c2cnc(N)o2)c1. The molecule has 0 bridgehead atoms. The van der Waals surface area contributed by atoms with E-state index < -0.39 is 0 Å². The van der Waals surface area contributed by atoms with Crippen LogP contribution in [0.25, 0.3) is 0 Å². The van der Waals surface area contributed by atoms with E-state index in [-0.39, 0.29) is 17.6 Å². The predicted octanol–water partition coefficient (Wildman–Crippen LogP) is 1.80. The summed E-state index contributed by atoms with van der Waals surface area (Å²) in [7, 11) is 0. The third-order valence-corrected chi connectivity index (χ3v) is 2.03. The zero-order chi connectivity index (χ0) is 10.8. The van der Waals surface area contributed by atoms with Gasteiger partial charge in [-0.05, 0) is 13.0 Å². The van der Waals surface area contributed by atoms with Crippen molar-refractivity contribution in [2.75, 3.05) is 5.73 Å². The van der Waals surface area contributed by atoms with E-state index in [9.17, 15) is 4.79 Å². The lowest BCUT2D eigenvalue weighted by atomic mass is 10.1. The van der Waals surface area contributed by atoms with E-state index in [2.05, 4.69) is 4.98 Å². The van der Waals surface area contributed by atoms with Crippen molar-refractivity contribution in [2.45, 2.75) is 6.92 Å². The number of aryl methyl sites for hydroxylation is 1. The molecule has 0 saturated heterocycles. The van der Waals surface area contributed by atoms with Crippen molar-refractivity contribution in [3.8, 4) is 0 Å². The van der Waals surface area contributed by atoms with Crippen molar-refractivity contribution in [2.24, 2.45) is 0 Å². The van der Waals surface area contributed by atoms with Crippen LogP contribution < -0.4 is 5.73 Å². The Labute approximate surface area is 86.7 Å². The predicted molar refractivity (Wildman–Crippen MR) is 55.5 cm³/mol. The van der Waals surface area contributed by atoms with Gasteiger partial charge >= 0.3 is 0 Å². The monoisotopic (exact) mass is 202 g/mol. The van der Waals surface area contributed by atoms with E-state index in [1.807, 2.05) is 19.1 Å². The molecular weight excluding hydrogens is 192 g/mol. The molecule has 4 nitrogen and oxygen atoms in total. The van der Waals surface area contributed by atoms with Crippen LogP contribution >= 0.6 is 0 Å². The van der Waals surface area contributed by atoms with Gasteiger partial charge in [0.05, 0.1) is 6.20 Å². The largest absolute Gasteiger partial charge is 0.420 e. The summed E-state index contributed by atoms with van der Waals surface area (Å²) in [6.07, 6.45) is 1.33. The molecule has 1 aromatic carbocycles. The average molecular weight is 202 g/mol. The number of carbonyl (C=O) groups is 1. The number of nitrogen functional groups attached to an aromatic ring is 1. The second-order valence-corrected chi connectivity index (χ2v) is 3.26. The average Bonchev–Trinajstić information content (AvgIpc) is 2.64. The molecule has 4 heteroatoms. The van der Waals surface area contributed by atoms with Crippen molar-refractivity contribution >= 4 is 11.8 Å². The molecule has 0 spiro atoms. The lowest BCUT2D eigenvalue weighted by Gasteiger charge is -1.97. The molecule has 0 atom stereocenters. The number of hydrogen-bond donors (Lipinski definition) is 1. The Hall–Kier alpha value is -2.10. The first kappa shape index (κ1) is 9.45. The molecule has 2 rings (SSSR count). The van der Waals surface area contributed by atoms with E-state index in [1.165, 1.54) is 6.20 Å². The third kappa shape index (κ3) is 1.88. The Balaban J connectivity index is 2.36. The Morgan fingerprint density at radius 2 is 2.27 bits per heavy atom. The topological polar surface area (TPSA) is 69.1 Å². The summed E-state index contributed by atoms with van der Waals surface area (Å²) in [5.74, 6) is -0.0407. The highest BCUT2D eigenvalue weighted by atomic mass is 16.4. The molecule has 0 unspecified atom stereocenters. The minimum absolute atomic E-state index is 0.00556. The quantitative estimate of drug-likeness (QED) is 0.754. The number of carbonyl (C=O) groups excluding carboxylic acids is 1. The minimum Gasteiger partial charge on any atom is -0.420 e.